The van der Waals surface area contributed by atoms with Gasteiger partial charge in [-0.15, -0.1) is 0 Å². The van der Waals surface area contributed by atoms with Crippen LogP contribution in [0.3, 0.4) is 0 Å². The van der Waals surface area contributed by atoms with E-state index in [1.807, 2.05) is 25.9 Å². The molecule has 21 heavy (non-hydrogen) atoms. The molecule has 0 heterocycles. The maximum absolute atomic E-state index is 12.6. The molecule has 0 saturated carbocycles. The number of benzene rings is 1. The predicted octanol–water partition coefficient (Wildman–Crippen LogP) is 1.55. The maximum atomic E-state index is 12.6. The van der Waals surface area contributed by atoms with Crippen LogP contribution >= 0.6 is 0 Å². The zero-order valence-corrected chi connectivity index (χ0v) is 13.6. The lowest BCUT2D eigenvalue weighted by Crippen LogP contribution is -2.33. The number of carboxylic acids is 1. The number of sulfonamides is 1. The topological polar surface area (TPSA) is 77.9 Å². The van der Waals surface area contributed by atoms with Gasteiger partial charge in [-0.05, 0) is 24.6 Å². The zero-order valence-electron chi connectivity index (χ0n) is 12.8. The van der Waals surface area contributed by atoms with Gasteiger partial charge in [-0.3, -0.25) is 4.79 Å². The second-order valence-electron chi connectivity index (χ2n) is 4.98. The summed E-state index contributed by atoms with van der Waals surface area (Å²) >= 11 is 0. The van der Waals surface area contributed by atoms with E-state index in [1.165, 1.54) is 4.31 Å². The third-order valence-corrected chi connectivity index (χ3v) is 5.20. The first-order valence-corrected chi connectivity index (χ1v) is 8.14. The molecular formula is C14H22N2O4S. The smallest absolute Gasteiger partial charge is 0.304 e. The fourth-order valence-electron chi connectivity index (χ4n) is 2.05. The van der Waals surface area contributed by atoms with Crippen LogP contribution in [0.1, 0.15) is 18.9 Å². The van der Waals surface area contributed by atoms with Crippen LogP contribution in [-0.4, -0.2) is 51.0 Å². The van der Waals surface area contributed by atoms with E-state index in [4.69, 9.17) is 5.11 Å². The van der Waals surface area contributed by atoms with Crippen molar-refractivity contribution in [2.75, 3.05) is 32.1 Å². The van der Waals surface area contributed by atoms with Crippen LogP contribution in [-0.2, 0) is 14.8 Å². The Kier molecular flexibility index (Phi) is 5.74. The molecule has 1 N–H and O–H groups in total. The first-order valence-electron chi connectivity index (χ1n) is 6.70. The van der Waals surface area contributed by atoms with Gasteiger partial charge in [-0.25, -0.2) is 8.42 Å². The molecule has 0 aliphatic carbocycles. The van der Waals surface area contributed by atoms with E-state index in [-0.39, 0.29) is 24.4 Å². The molecular weight excluding hydrogens is 292 g/mol. The lowest BCUT2D eigenvalue weighted by atomic mass is 10.2. The number of aliphatic carboxylic acids is 1. The Hall–Kier alpha value is -1.60. The van der Waals surface area contributed by atoms with Crippen molar-refractivity contribution in [3.8, 4) is 0 Å². The summed E-state index contributed by atoms with van der Waals surface area (Å²) in [6, 6.07) is 4.93. The summed E-state index contributed by atoms with van der Waals surface area (Å²) in [5, 5.41) is 8.72. The second-order valence-corrected chi connectivity index (χ2v) is 6.92. The normalized spacial score (nSPS) is 11.7. The molecule has 1 aromatic rings. The Morgan fingerprint density at radius 2 is 1.90 bits per heavy atom. The molecule has 0 aliphatic rings. The number of hydrogen-bond acceptors (Lipinski definition) is 4. The average molecular weight is 314 g/mol. The van der Waals surface area contributed by atoms with Crippen molar-refractivity contribution in [1.82, 2.24) is 4.31 Å². The average Bonchev–Trinajstić information content (AvgIpc) is 2.38. The van der Waals surface area contributed by atoms with Gasteiger partial charge in [-0.1, -0.05) is 13.0 Å². The van der Waals surface area contributed by atoms with Gasteiger partial charge >= 0.3 is 5.97 Å². The van der Waals surface area contributed by atoms with Crippen molar-refractivity contribution in [3.05, 3.63) is 23.8 Å². The Balaban J connectivity index is 3.16. The summed E-state index contributed by atoms with van der Waals surface area (Å²) in [6.07, 6.45) is -0.209. The van der Waals surface area contributed by atoms with E-state index in [9.17, 15) is 13.2 Å². The highest BCUT2D eigenvalue weighted by Gasteiger charge is 2.24. The van der Waals surface area contributed by atoms with Gasteiger partial charge in [0, 0.05) is 32.9 Å². The molecule has 7 heteroatoms. The summed E-state index contributed by atoms with van der Waals surface area (Å²) in [5.74, 6) is -1.01. The summed E-state index contributed by atoms with van der Waals surface area (Å²) in [6.45, 7) is 3.81. The highest BCUT2D eigenvalue weighted by atomic mass is 32.2. The molecule has 0 unspecified atom stereocenters. The number of anilines is 1. The molecule has 0 amide bonds. The van der Waals surface area contributed by atoms with Gasteiger partial charge < -0.3 is 10.0 Å². The molecule has 0 bridgehead atoms. The van der Waals surface area contributed by atoms with Crippen molar-refractivity contribution >= 4 is 21.7 Å². The van der Waals surface area contributed by atoms with Crippen LogP contribution in [0.2, 0.25) is 0 Å². The number of rotatable bonds is 7. The van der Waals surface area contributed by atoms with Gasteiger partial charge in [0.2, 0.25) is 10.0 Å². The fourth-order valence-corrected chi connectivity index (χ4v) is 3.52. The van der Waals surface area contributed by atoms with Crippen molar-refractivity contribution in [2.45, 2.75) is 25.2 Å². The Bertz CT molecular complexity index is 611. The third kappa shape index (κ3) is 4.18. The summed E-state index contributed by atoms with van der Waals surface area (Å²) in [5.41, 5.74) is 1.80. The number of carboxylic acid groups (broad SMARTS) is 1. The van der Waals surface area contributed by atoms with Crippen LogP contribution in [0.15, 0.2) is 23.1 Å². The van der Waals surface area contributed by atoms with Gasteiger partial charge in [0.05, 0.1) is 11.3 Å². The van der Waals surface area contributed by atoms with Crippen molar-refractivity contribution in [3.63, 3.8) is 0 Å². The number of hydrogen-bond donors (Lipinski definition) is 1. The predicted molar refractivity (Wildman–Crippen MR) is 82.2 cm³/mol. The quantitative estimate of drug-likeness (QED) is 0.826. The third-order valence-electron chi connectivity index (χ3n) is 3.23. The molecule has 1 aromatic carbocycles. The zero-order chi connectivity index (χ0) is 16.2. The largest absolute Gasteiger partial charge is 0.481 e. The number of carbonyl (C=O) groups is 1. The minimum absolute atomic E-state index is 0.0284. The van der Waals surface area contributed by atoms with Crippen LogP contribution in [0.5, 0.6) is 0 Å². The minimum Gasteiger partial charge on any atom is -0.481 e. The molecule has 0 atom stereocenters. The van der Waals surface area contributed by atoms with E-state index in [1.54, 1.807) is 25.1 Å². The lowest BCUT2D eigenvalue weighted by Gasteiger charge is -2.22. The molecule has 0 spiro atoms. The molecule has 0 radical (unpaired) electrons. The van der Waals surface area contributed by atoms with Crippen LogP contribution in [0.25, 0.3) is 0 Å². The van der Waals surface area contributed by atoms with Crippen molar-refractivity contribution < 1.29 is 18.3 Å². The van der Waals surface area contributed by atoms with Gasteiger partial charge in [0.1, 0.15) is 0 Å². The SMILES string of the molecule is CCN(CCC(=O)O)S(=O)(=O)c1ccc(C)c(N(C)C)c1. The molecule has 0 fully saturated rings. The van der Waals surface area contributed by atoms with E-state index in [0.717, 1.165) is 11.3 Å². The van der Waals surface area contributed by atoms with E-state index >= 15 is 0 Å². The first kappa shape index (κ1) is 17.5. The molecule has 1 rings (SSSR count). The van der Waals surface area contributed by atoms with E-state index < -0.39 is 16.0 Å². The van der Waals surface area contributed by atoms with Crippen molar-refractivity contribution in [2.24, 2.45) is 0 Å². The first-order chi connectivity index (χ1) is 9.70. The minimum atomic E-state index is -3.68. The Labute approximate surface area is 126 Å². The lowest BCUT2D eigenvalue weighted by molar-refractivity contribution is -0.137. The van der Waals surface area contributed by atoms with E-state index in [2.05, 4.69) is 0 Å². The van der Waals surface area contributed by atoms with Gasteiger partial charge in [-0.2, -0.15) is 4.31 Å². The van der Waals surface area contributed by atoms with Crippen LogP contribution in [0, 0.1) is 6.92 Å². The standard InChI is InChI=1S/C14H22N2O4S/c1-5-16(9-8-14(17)18)21(19,20)12-7-6-11(2)13(10-12)15(3)4/h6-7,10H,5,8-9H2,1-4H3,(H,17,18). The van der Waals surface area contributed by atoms with E-state index in [0.29, 0.717) is 0 Å². The monoisotopic (exact) mass is 314 g/mol. The Morgan fingerprint density at radius 3 is 2.38 bits per heavy atom. The molecule has 0 aromatic heterocycles. The number of nitrogens with zero attached hydrogens (tertiary/aromatic N) is 2. The van der Waals surface area contributed by atoms with Gasteiger partial charge in [0.15, 0.2) is 0 Å². The summed E-state index contributed by atoms with van der Waals surface area (Å²) in [7, 11) is 0.0197. The maximum Gasteiger partial charge on any atom is 0.304 e. The second kappa shape index (κ2) is 6.91. The highest BCUT2D eigenvalue weighted by Crippen LogP contribution is 2.24. The molecule has 6 nitrogen and oxygen atoms in total. The summed E-state index contributed by atoms with van der Waals surface area (Å²) in [4.78, 5) is 12.7. The van der Waals surface area contributed by atoms with Crippen LogP contribution in [0.4, 0.5) is 5.69 Å². The molecule has 118 valence electrons. The number of aryl methyl sites for hydroxylation is 1. The van der Waals surface area contributed by atoms with Crippen molar-refractivity contribution in [1.29, 1.82) is 0 Å². The molecule has 0 saturated heterocycles. The van der Waals surface area contributed by atoms with Gasteiger partial charge in [0.25, 0.3) is 0 Å². The molecule has 0 aliphatic heterocycles. The summed E-state index contributed by atoms with van der Waals surface area (Å²) < 4.78 is 26.3. The Morgan fingerprint density at radius 1 is 1.29 bits per heavy atom. The fraction of sp³-hybridized carbons (Fsp3) is 0.500. The van der Waals surface area contributed by atoms with Crippen LogP contribution < -0.4 is 4.90 Å². The highest BCUT2D eigenvalue weighted by molar-refractivity contribution is 7.89.